The highest BCUT2D eigenvalue weighted by Crippen LogP contribution is 2.39. The fourth-order valence-corrected chi connectivity index (χ4v) is 5.36. The summed E-state index contributed by atoms with van der Waals surface area (Å²) in [6.07, 6.45) is 0.908. The Morgan fingerprint density at radius 3 is 2.36 bits per heavy atom. The number of urea groups is 1. The van der Waals surface area contributed by atoms with Crippen LogP contribution in [0.1, 0.15) is 24.0 Å². The molecule has 0 aromatic heterocycles. The Morgan fingerprint density at radius 1 is 0.949 bits per heavy atom. The first-order chi connectivity index (χ1) is 18.8. The standard InChI is InChI=1S/C30H32FN5O3/c1-22-6-5-7-25(18-22)33-29(39)34-16-14-30(15-17-34)28(38)35(21-36(30)26-8-3-2-4-9-26)20-27(37)32-19-23-10-12-24(31)13-11-23/h2-13,18H,14-17,19-21H2,1H3,(H,32,37)(H,33,39). The van der Waals surface area contributed by atoms with Crippen molar-refractivity contribution in [2.45, 2.75) is 31.8 Å². The second kappa shape index (κ2) is 11.1. The zero-order valence-corrected chi connectivity index (χ0v) is 21.9. The third-order valence-electron chi connectivity index (χ3n) is 7.47. The van der Waals surface area contributed by atoms with Gasteiger partial charge in [0.2, 0.25) is 5.91 Å². The van der Waals surface area contributed by atoms with E-state index in [1.165, 1.54) is 12.1 Å². The molecule has 202 valence electrons. The highest BCUT2D eigenvalue weighted by atomic mass is 19.1. The molecule has 0 aliphatic carbocycles. The van der Waals surface area contributed by atoms with Crippen molar-refractivity contribution in [2.24, 2.45) is 0 Å². The smallest absolute Gasteiger partial charge is 0.321 e. The lowest BCUT2D eigenvalue weighted by Gasteiger charge is -2.43. The number of rotatable bonds is 6. The molecule has 9 heteroatoms. The normalized spacial score (nSPS) is 16.5. The summed E-state index contributed by atoms with van der Waals surface area (Å²) in [7, 11) is 0. The minimum Gasteiger partial charge on any atom is -0.350 e. The number of carbonyl (C=O) groups is 3. The van der Waals surface area contributed by atoms with E-state index in [1.54, 1.807) is 21.9 Å². The molecule has 0 atom stereocenters. The second-order valence-corrected chi connectivity index (χ2v) is 10.1. The summed E-state index contributed by atoms with van der Waals surface area (Å²) < 4.78 is 13.2. The number of piperidine rings is 1. The van der Waals surface area contributed by atoms with Crippen LogP contribution >= 0.6 is 0 Å². The Morgan fingerprint density at radius 2 is 1.67 bits per heavy atom. The number of halogens is 1. The van der Waals surface area contributed by atoms with Crippen molar-refractivity contribution in [2.75, 3.05) is 36.5 Å². The molecule has 2 fully saturated rings. The Labute approximate surface area is 227 Å². The maximum Gasteiger partial charge on any atom is 0.321 e. The predicted molar refractivity (Wildman–Crippen MR) is 147 cm³/mol. The summed E-state index contributed by atoms with van der Waals surface area (Å²) in [5.41, 5.74) is 2.63. The molecule has 3 aromatic rings. The van der Waals surface area contributed by atoms with Crippen molar-refractivity contribution >= 4 is 29.2 Å². The molecule has 2 aliphatic heterocycles. The Balaban J connectivity index is 1.26. The molecule has 5 rings (SSSR count). The molecule has 0 radical (unpaired) electrons. The SMILES string of the molecule is Cc1cccc(NC(=O)N2CCC3(CC2)C(=O)N(CC(=O)NCc2ccc(F)cc2)CN3c2ccccc2)c1. The highest BCUT2D eigenvalue weighted by molar-refractivity contribution is 5.97. The van der Waals surface area contributed by atoms with Gasteiger partial charge >= 0.3 is 6.03 Å². The average Bonchev–Trinajstić information content (AvgIpc) is 3.19. The lowest BCUT2D eigenvalue weighted by Crippen LogP contribution is -2.58. The molecule has 2 heterocycles. The largest absolute Gasteiger partial charge is 0.350 e. The van der Waals surface area contributed by atoms with Crippen molar-refractivity contribution in [1.82, 2.24) is 15.1 Å². The number of amides is 4. The van der Waals surface area contributed by atoms with Crippen LogP contribution in [0, 0.1) is 12.7 Å². The van der Waals surface area contributed by atoms with Gasteiger partial charge in [0.05, 0.1) is 6.67 Å². The van der Waals surface area contributed by atoms with Crippen LogP contribution in [0.15, 0.2) is 78.9 Å². The maximum atomic E-state index is 13.9. The minimum atomic E-state index is -0.835. The molecule has 39 heavy (non-hydrogen) atoms. The summed E-state index contributed by atoms with van der Waals surface area (Å²) in [6.45, 7) is 3.25. The zero-order valence-electron chi connectivity index (χ0n) is 21.9. The number of carbonyl (C=O) groups excluding carboxylic acids is 3. The van der Waals surface area contributed by atoms with Gasteiger partial charge < -0.3 is 25.3 Å². The number of nitrogens with one attached hydrogen (secondary N) is 2. The van der Waals surface area contributed by atoms with Crippen LogP contribution in [0.25, 0.3) is 0 Å². The molecule has 4 amide bonds. The van der Waals surface area contributed by atoms with Crippen molar-refractivity contribution < 1.29 is 18.8 Å². The highest BCUT2D eigenvalue weighted by Gasteiger charge is 2.54. The van der Waals surface area contributed by atoms with Gasteiger partial charge in [0.25, 0.3) is 5.91 Å². The molecule has 0 saturated carbocycles. The van der Waals surface area contributed by atoms with E-state index in [0.717, 1.165) is 22.5 Å². The van der Waals surface area contributed by atoms with E-state index in [-0.39, 0.29) is 43.4 Å². The summed E-state index contributed by atoms with van der Waals surface area (Å²) in [5.74, 6) is -0.729. The van der Waals surface area contributed by atoms with Gasteiger partial charge in [0, 0.05) is 31.0 Å². The predicted octanol–water partition coefficient (Wildman–Crippen LogP) is 4.12. The topological polar surface area (TPSA) is 85.0 Å². The van der Waals surface area contributed by atoms with Crippen LogP contribution in [-0.2, 0) is 16.1 Å². The number of nitrogens with zero attached hydrogens (tertiary/aromatic N) is 3. The van der Waals surface area contributed by atoms with Crippen molar-refractivity contribution in [3.05, 3.63) is 95.8 Å². The molecule has 1 spiro atoms. The molecule has 0 unspecified atom stereocenters. The number of para-hydroxylation sites is 1. The van der Waals surface area contributed by atoms with Gasteiger partial charge in [-0.25, -0.2) is 9.18 Å². The molecule has 3 aromatic carbocycles. The first-order valence-corrected chi connectivity index (χ1v) is 13.1. The number of hydrogen-bond donors (Lipinski definition) is 2. The molecular formula is C30H32FN5O3. The molecular weight excluding hydrogens is 497 g/mol. The zero-order chi connectivity index (χ0) is 27.4. The average molecular weight is 530 g/mol. The van der Waals surface area contributed by atoms with Crippen LogP contribution < -0.4 is 15.5 Å². The third-order valence-corrected chi connectivity index (χ3v) is 7.47. The van der Waals surface area contributed by atoms with E-state index in [1.807, 2.05) is 61.5 Å². The van der Waals surface area contributed by atoms with Crippen molar-refractivity contribution in [3.63, 3.8) is 0 Å². The summed E-state index contributed by atoms with van der Waals surface area (Å²) in [6, 6.07) is 23.1. The van der Waals surface area contributed by atoms with Gasteiger partial charge in [-0.1, -0.05) is 42.5 Å². The summed E-state index contributed by atoms with van der Waals surface area (Å²) >= 11 is 0. The summed E-state index contributed by atoms with van der Waals surface area (Å²) in [5, 5.41) is 5.78. The van der Waals surface area contributed by atoms with Crippen LogP contribution in [0.2, 0.25) is 0 Å². The van der Waals surface area contributed by atoms with Crippen LogP contribution in [-0.4, -0.2) is 59.5 Å². The van der Waals surface area contributed by atoms with Gasteiger partial charge in [0.15, 0.2) is 0 Å². The van der Waals surface area contributed by atoms with Gasteiger partial charge in [-0.15, -0.1) is 0 Å². The Kier molecular flexibility index (Phi) is 7.49. The molecule has 0 bridgehead atoms. The Hall–Kier alpha value is -4.40. The van der Waals surface area contributed by atoms with Crippen LogP contribution in [0.3, 0.4) is 0 Å². The van der Waals surface area contributed by atoms with Gasteiger partial charge in [-0.2, -0.15) is 0 Å². The molecule has 2 aliphatic rings. The Bertz CT molecular complexity index is 1340. The van der Waals surface area contributed by atoms with Crippen molar-refractivity contribution in [3.8, 4) is 0 Å². The quantitative estimate of drug-likeness (QED) is 0.503. The van der Waals surface area contributed by atoms with E-state index in [0.29, 0.717) is 25.9 Å². The molecule has 8 nitrogen and oxygen atoms in total. The lowest BCUT2D eigenvalue weighted by atomic mass is 9.85. The number of benzene rings is 3. The molecule has 2 saturated heterocycles. The summed E-state index contributed by atoms with van der Waals surface area (Å²) in [4.78, 5) is 45.0. The molecule has 2 N–H and O–H groups in total. The van der Waals surface area contributed by atoms with E-state index in [2.05, 4.69) is 15.5 Å². The fraction of sp³-hybridized carbons (Fsp3) is 0.300. The van der Waals surface area contributed by atoms with Crippen molar-refractivity contribution in [1.29, 1.82) is 0 Å². The maximum absolute atomic E-state index is 13.9. The van der Waals surface area contributed by atoms with E-state index >= 15 is 0 Å². The van der Waals surface area contributed by atoms with E-state index < -0.39 is 5.54 Å². The van der Waals surface area contributed by atoms with Gasteiger partial charge in [-0.05, 0) is 67.3 Å². The second-order valence-electron chi connectivity index (χ2n) is 10.1. The van der Waals surface area contributed by atoms with Crippen LogP contribution in [0.5, 0.6) is 0 Å². The van der Waals surface area contributed by atoms with Crippen LogP contribution in [0.4, 0.5) is 20.6 Å². The lowest BCUT2D eigenvalue weighted by molar-refractivity contribution is -0.137. The van der Waals surface area contributed by atoms with E-state index in [4.69, 9.17) is 0 Å². The number of aryl methyl sites for hydroxylation is 1. The minimum absolute atomic E-state index is 0.0807. The fourth-order valence-electron chi connectivity index (χ4n) is 5.36. The number of likely N-dealkylation sites (tertiary alicyclic amines) is 1. The van der Waals surface area contributed by atoms with Gasteiger partial charge in [0.1, 0.15) is 17.9 Å². The monoisotopic (exact) mass is 529 g/mol. The van der Waals surface area contributed by atoms with Gasteiger partial charge in [-0.3, -0.25) is 9.59 Å². The first-order valence-electron chi connectivity index (χ1n) is 13.1. The first kappa shape index (κ1) is 26.2. The number of hydrogen-bond acceptors (Lipinski definition) is 4. The number of anilines is 2. The third kappa shape index (κ3) is 5.72. The van der Waals surface area contributed by atoms with E-state index in [9.17, 15) is 18.8 Å².